The maximum atomic E-state index is 14.5. The molecule has 4 aliphatic rings. The van der Waals surface area contributed by atoms with Crippen LogP contribution in [0.1, 0.15) is 105 Å². The molecule has 2 bridgehead atoms. The lowest BCUT2D eigenvalue weighted by Gasteiger charge is -2.43. The molecule has 3 aliphatic heterocycles. The molecule has 0 saturated heterocycles. The first-order chi connectivity index (χ1) is 26.5. The van der Waals surface area contributed by atoms with E-state index in [1.54, 1.807) is 39.2 Å². The van der Waals surface area contributed by atoms with E-state index in [-0.39, 0.29) is 43.0 Å². The van der Waals surface area contributed by atoms with E-state index in [1.165, 1.54) is 5.56 Å². The Hall–Kier alpha value is -4.99. The van der Waals surface area contributed by atoms with Crippen LogP contribution in [0.25, 0.3) is 11.0 Å². The number of carbonyl (C=O) groups excluding carboxylic acids is 2. The maximum absolute atomic E-state index is 14.5. The van der Waals surface area contributed by atoms with E-state index in [2.05, 4.69) is 48.6 Å². The second kappa shape index (κ2) is 16.0. The highest BCUT2D eigenvalue weighted by Gasteiger charge is 2.51. The van der Waals surface area contributed by atoms with Gasteiger partial charge in [0.15, 0.2) is 12.2 Å². The Kier molecular flexibility index (Phi) is 11.1. The Morgan fingerprint density at radius 1 is 0.927 bits per heavy atom. The Balaban J connectivity index is 1.35. The minimum atomic E-state index is -1.16. The second-order valence-electron chi connectivity index (χ2n) is 15.8. The number of benzene rings is 3. The average Bonchev–Trinajstić information content (AvgIpc) is 3.16. The average molecular weight is 747 g/mol. The van der Waals surface area contributed by atoms with Gasteiger partial charge >= 0.3 is 17.6 Å². The summed E-state index contributed by atoms with van der Waals surface area (Å²) in [5, 5.41) is 10.3. The minimum absolute atomic E-state index is 0.0221. The molecule has 4 aromatic rings. The van der Waals surface area contributed by atoms with Crippen molar-refractivity contribution in [2.75, 3.05) is 20.3 Å². The number of aliphatic hydroxyl groups excluding tert-OH is 1. The molecule has 1 aliphatic carbocycles. The van der Waals surface area contributed by atoms with E-state index >= 15 is 0 Å². The lowest BCUT2D eigenvalue weighted by molar-refractivity contribution is -0.188. The summed E-state index contributed by atoms with van der Waals surface area (Å²) in [6, 6.07) is 24.1. The largest absolute Gasteiger partial charge is 0.483 e. The first kappa shape index (κ1) is 38.3. The van der Waals surface area contributed by atoms with Crippen molar-refractivity contribution in [3.63, 3.8) is 0 Å². The van der Waals surface area contributed by atoms with Gasteiger partial charge in [0.2, 0.25) is 0 Å². The molecular formula is C46H50O9. The topological polar surface area (TPSA) is 122 Å². The molecule has 0 spiro atoms. The normalized spacial score (nSPS) is 24.2. The summed E-state index contributed by atoms with van der Waals surface area (Å²) in [5.74, 6) is -1.01. The summed E-state index contributed by atoms with van der Waals surface area (Å²) in [5.41, 5.74) is 3.88. The minimum Gasteiger partial charge on any atom is -0.483 e. The lowest BCUT2D eigenvalue weighted by atomic mass is 9.72. The van der Waals surface area contributed by atoms with Gasteiger partial charge in [0.05, 0.1) is 12.2 Å². The molecule has 0 saturated carbocycles. The van der Waals surface area contributed by atoms with E-state index in [9.17, 15) is 19.5 Å². The summed E-state index contributed by atoms with van der Waals surface area (Å²) in [6.07, 6.45) is 4.46. The van der Waals surface area contributed by atoms with Crippen LogP contribution in [0.5, 0.6) is 5.75 Å². The number of allylic oxidation sites excluding steroid dienone is 3. The fourth-order valence-corrected chi connectivity index (χ4v) is 8.54. The van der Waals surface area contributed by atoms with Crippen molar-refractivity contribution in [3.8, 4) is 5.75 Å². The zero-order valence-electron chi connectivity index (χ0n) is 32.2. The maximum Gasteiger partial charge on any atom is 0.339 e. The molecule has 0 unspecified atom stereocenters. The zero-order chi connectivity index (χ0) is 38.9. The van der Waals surface area contributed by atoms with Crippen LogP contribution >= 0.6 is 0 Å². The van der Waals surface area contributed by atoms with Crippen molar-refractivity contribution in [2.24, 2.45) is 5.92 Å². The third-order valence-electron chi connectivity index (χ3n) is 11.5. The van der Waals surface area contributed by atoms with Crippen LogP contribution in [-0.2, 0) is 30.2 Å². The van der Waals surface area contributed by atoms with Crippen LogP contribution in [0.15, 0.2) is 105 Å². The van der Waals surface area contributed by atoms with Gasteiger partial charge in [-0.2, -0.15) is 0 Å². The number of hydrogen-bond donors (Lipinski definition) is 1. The zero-order valence-corrected chi connectivity index (χ0v) is 32.2. The van der Waals surface area contributed by atoms with Crippen molar-refractivity contribution in [2.45, 2.75) is 95.4 Å². The summed E-state index contributed by atoms with van der Waals surface area (Å²) >= 11 is 0. The van der Waals surface area contributed by atoms with Gasteiger partial charge in [-0.05, 0) is 94.2 Å². The van der Waals surface area contributed by atoms with Gasteiger partial charge in [-0.1, -0.05) is 72.3 Å². The standard InChI is InChI=1S/C46H50O9/c1-27(2)35-18-13-28-11-14-30(15-12-28)36-19-16-31(29-9-7-6-8-10-29)23-34(36)25-39(48)52-42-40-38(55-46(3,4)43(42)54-44(35)49)20-17-32-24-37(45(50)53-41(32)40)33(21-22-47)26-51-5/h6-12,14-17,19-20,24,31,33-34,36,42-43,47H,13,18,21-23,25-26H2,1-5H3/t31-,33-,34+,36+,42-,43+/m1/s1. The molecule has 0 radical (unpaired) electrons. The number of carbonyl (C=O) groups is 2. The number of esters is 2. The Morgan fingerprint density at radius 3 is 2.40 bits per heavy atom. The van der Waals surface area contributed by atoms with Crippen LogP contribution in [-0.4, -0.2) is 49.1 Å². The number of ether oxygens (including phenoxy) is 4. The molecule has 9 nitrogen and oxygen atoms in total. The first-order valence-corrected chi connectivity index (χ1v) is 19.3. The monoisotopic (exact) mass is 746 g/mol. The van der Waals surface area contributed by atoms with Crippen LogP contribution in [0, 0.1) is 5.92 Å². The fourth-order valence-electron chi connectivity index (χ4n) is 8.54. The van der Waals surface area contributed by atoms with E-state index in [0.717, 1.165) is 23.1 Å². The van der Waals surface area contributed by atoms with Gasteiger partial charge in [0.1, 0.15) is 16.9 Å². The Morgan fingerprint density at radius 2 is 1.69 bits per heavy atom. The van der Waals surface area contributed by atoms with Crippen molar-refractivity contribution >= 4 is 22.9 Å². The Bertz CT molecular complexity index is 2150. The highest BCUT2D eigenvalue weighted by molar-refractivity contribution is 5.90. The number of aryl methyl sites for hydroxylation is 1. The van der Waals surface area contributed by atoms with E-state index in [1.807, 2.05) is 32.0 Å². The number of rotatable bonds is 6. The number of aliphatic hydroxyl groups is 1. The quantitative estimate of drug-likeness (QED) is 0.0898. The van der Waals surface area contributed by atoms with Crippen molar-refractivity contribution in [3.05, 3.63) is 134 Å². The SMILES string of the molecule is COC[C@@H](CCO)c1cc2ccc3c(c2oc1=O)[C@H]1OC(=O)C[C@@H]2C[C@H](c4ccccc4)C=C[C@H]2c2ccc(cc2)CCC(=C(C)C)C(=O)O[C@@H]1C(C)(C)O3. The second-order valence-corrected chi connectivity index (χ2v) is 15.8. The van der Waals surface area contributed by atoms with Crippen molar-refractivity contribution in [1.29, 1.82) is 0 Å². The van der Waals surface area contributed by atoms with Gasteiger partial charge in [-0.3, -0.25) is 4.79 Å². The smallest absolute Gasteiger partial charge is 0.339 e. The number of hydrogen-bond acceptors (Lipinski definition) is 9. The molecule has 9 heteroatoms. The molecule has 55 heavy (non-hydrogen) atoms. The molecule has 1 N–H and O–H groups in total. The number of methoxy groups -OCH3 is 1. The molecular weight excluding hydrogens is 696 g/mol. The highest BCUT2D eigenvalue weighted by Crippen LogP contribution is 2.48. The third kappa shape index (κ3) is 7.91. The van der Waals surface area contributed by atoms with Gasteiger partial charge in [-0.25, -0.2) is 9.59 Å². The highest BCUT2D eigenvalue weighted by atomic mass is 16.6. The number of fused-ring (bicyclic) bond motifs is 11. The van der Waals surface area contributed by atoms with Gasteiger partial charge in [0.25, 0.3) is 0 Å². The summed E-state index contributed by atoms with van der Waals surface area (Å²) in [7, 11) is 1.54. The van der Waals surface area contributed by atoms with Crippen molar-refractivity contribution in [1.82, 2.24) is 0 Å². The van der Waals surface area contributed by atoms with Crippen LogP contribution in [0.4, 0.5) is 0 Å². The van der Waals surface area contributed by atoms with Crippen LogP contribution in [0.3, 0.4) is 0 Å². The van der Waals surface area contributed by atoms with E-state index in [4.69, 9.17) is 23.4 Å². The fraction of sp³-hybridized carbons (Fsp3) is 0.413. The summed E-state index contributed by atoms with van der Waals surface area (Å²) < 4.78 is 30.9. The predicted molar refractivity (Wildman–Crippen MR) is 209 cm³/mol. The first-order valence-electron chi connectivity index (χ1n) is 19.3. The molecule has 0 amide bonds. The van der Waals surface area contributed by atoms with Gasteiger partial charge in [-0.15, -0.1) is 0 Å². The molecule has 1 aromatic heterocycles. The van der Waals surface area contributed by atoms with Gasteiger partial charge in [0, 0.05) is 54.4 Å². The van der Waals surface area contributed by atoms with Gasteiger partial charge < -0.3 is 28.5 Å². The molecule has 288 valence electrons. The summed E-state index contributed by atoms with van der Waals surface area (Å²) in [4.78, 5) is 42.3. The molecule has 0 fully saturated rings. The molecule has 4 heterocycles. The molecule has 8 rings (SSSR count). The molecule has 3 aromatic carbocycles. The third-order valence-corrected chi connectivity index (χ3v) is 11.5. The summed E-state index contributed by atoms with van der Waals surface area (Å²) in [6.45, 7) is 7.47. The van der Waals surface area contributed by atoms with E-state index < -0.39 is 41.3 Å². The van der Waals surface area contributed by atoms with E-state index in [0.29, 0.717) is 47.1 Å². The van der Waals surface area contributed by atoms with Crippen LogP contribution in [0.2, 0.25) is 0 Å². The Labute approximate surface area is 321 Å². The lowest BCUT2D eigenvalue weighted by Crippen LogP contribution is -2.52. The van der Waals surface area contributed by atoms with Crippen molar-refractivity contribution < 1.29 is 38.1 Å². The van der Waals surface area contributed by atoms with Crippen LogP contribution < -0.4 is 10.4 Å². The molecule has 6 atom stereocenters. The predicted octanol–water partition coefficient (Wildman–Crippen LogP) is 8.39.